The lowest BCUT2D eigenvalue weighted by atomic mass is 10.1. The molecule has 0 radical (unpaired) electrons. The fourth-order valence-corrected chi connectivity index (χ4v) is 3.66. The third kappa shape index (κ3) is 3.19. The van der Waals surface area contributed by atoms with Gasteiger partial charge in [-0.1, -0.05) is 18.2 Å². The quantitative estimate of drug-likeness (QED) is 0.828. The molecule has 1 heterocycles. The third-order valence-corrected chi connectivity index (χ3v) is 4.86. The first-order chi connectivity index (χ1) is 9.03. The van der Waals surface area contributed by atoms with Crippen molar-refractivity contribution in [3.05, 3.63) is 35.4 Å². The van der Waals surface area contributed by atoms with Gasteiger partial charge in [0.1, 0.15) is 5.78 Å². The summed E-state index contributed by atoms with van der Waals surface area (Å²) in [7, 11) is -3.54. The second-order valence-electron chi connectivity index (χ2n) is 4.50. The van der Waals surface area contributed by atoms with Gasteiger partial charge < -0.3 is 0 Å². The van der Waals surface area contributed by atoms with Crippen molar-refractivity contribution in [3.63, 3.8) is 0 Å². The topological polar surface area (TPSA) is 78.2 Å². The molecule has 0 aromatic heterocycles. The van der Waals surface area contributed by atoms with E-state index < -0.39 is 10.0 Å². The van der Waals surface area contributed by atoms with Crippen molar-refractivity contribution in [3.8, 4) is 6.07 Å². The average molecular weight is 278 g/mol. The number of piperidine rings is 1. The highest BCUT2D eigenvalue weighted by molar-refractivity contribution is 7.88. The molecule has 6 heteroatoms. The van der Waals surface area contributed by atoms with Crippen molar-refractivity contribution in [2.75, 3.05) is 13.1 Å². The van der Waals surface area contributed by atoms with E-state index in [1.54, 1.807) is 24.3 Å². The van der Waals surface area contributed by atoms with E-state index in [0.717, 1.165) is 0 Å². The van der Waals surface area contributed by atoms with E-state index in [2.05, 4.69) is 0 Å². The molecular weight excluding hydrogens is 264 g/mol. The number of carbonyl (C=O) groups is 1. The zero-order chi connectivity index (χ0) is 13.9. The molecule has 2 rings (SSSR count). The first kappa shape index (κ1) is 13.7. The molecule has 0 bridgehead atoms. The SMILES string of the molecule is N#Cc1ccccc1CS(=O)(=O)N1CCCC(=O)C1. The Morgan fingerprint density at radius 2 is 2.05 bits per heavy atom. The lowest BCUT2D eigenvalue weighted by Gasteiger charge is -2.25. The van der Waals surface area contributed by atoms with Crippen molar-refractivity contribution >= 4 is 15.8 Å². The van der Waals surface area contributed by atoms with E-state index in [0.29, 0.717) is 30.5 Å². The fourth-order valence-electron chi connectivity index (χ4n) is 2.09. The maximum absolute atomic E-state index is 12.2. The predicted octanol–water partition coefficient (Wildman–Crippen LogP) is 1.05. The molecule has 0 aliphatic carbocycles. The summed E-state index contributed by atoms with van der Waals surface area (Å²) in [6.07, 6.45) is 1.01. The Balaban J connectivity index is 2.22. The Morgan fingerprint density at radius 1 is 1.32 bits per heavy atom. The van der Waals surface area contributed by atoms with Crippen molar-refractivity contribution in [2.45, 2.75) is 18.6 Å². The molecule has 1 aliphatic rings. The van der Waals surface area contributed by atoms with E-state index >= 15 is 0 Å². The lowest BCUT2D eigenvalue weighted by Crippen LogP contribution is -2.40. The first-order valence-electron chi connectivity index (χ1n) is 6.00. The van der Waals surface area contributed by atoms with Crippen LogP contribution in [0.4, 0.5) is 0 Å². The van der Waals surface area contributed by atoms with Crippen molar-refractivity contribution in [1.29, 1.82) is 5.26 Å². The largest absolute Gasteiger partial charge is 0.298 e. The minimum Gasteiger partial charge on any atom is -0.298 e. The van der Waals surface area contributed by atoms with E-state index in [4.69, 9.17) is 5.26 Å². The second-order valence-corrected chi connectivity index (χ2v) is 6.47. The van der Waals surface area contributed by atoms with E-state index in [1.807, 2.05) is 6.07 Å². The normalized spacial score (nSPS) is 17.1. The number of nitriles is 1. The Kier molecular flexibility index (Phi) is 3.98. The zero-order valence-corrected chi connectivity index (χ0v) is 11.2. The summed E-state index contributed by atoms with van der Waals surface area (Å²) >= 11 is 0. The standard InChI is InChI=1S/C13H14N2O3S/c14-8-11-4-1-2-5-12(11)10-19(17,18)15-7-3-6-13(16)9-15/h1-2,4-5H,3,6-7,9-10H2. The highest BCUT2D eigenvalue weighted by Gasteiger charge is 2.28. The number of ketones is 1. The van der Waals surface area contributed by atoms with Crippen LogP contribution < -0.4 is 0 Å². The molecule has 1 fully saturated rings. The highest BCUT2D eigenvalue weighted by Crippen LogP contribution is 2.17. The predicted molar refractivity (Wildman–Crippen MR) is 69.6 cm³/mol. The molecule has 0 spiro atoms. The molecule has 19 heavy (non-hydrogen) atoms. The lowest BCUT2D eigenvalue weighted by molar-refractivity contribution is -0.120. The Bertz CT molecular complexity index is 632. The number of hydrogen-bond acceptors (Lipinski definition) is 4. The summed E-state index contributed by atoms with van der Waals surface area (Å²) in [5, 5.41) is 8.96. The van der Waals surface area contributed by atoms with Gasteiger partial charge >= 0.3 is 0 Å². The van der Waals surface area contributed by atoms with Crippen LogP contribution in [0.15, 0.2) is 24.3 Å². The molecule has 1 aromatic rings. The summed E-state index contributed by atoms with van der Waals surface area (Å²) < 4.78 is 25.7. The molecule has 100 valence electrons. The number of rotatable bonds is 3. The van der Waals surface area contributed by atoms with Gasteiger partial charge in [-0.3, -0.25) is 4.79 Å². The molecule has 0 saturated carbocycles. The van der Waals surface area contributed by atoms with Crippen LogP contribution in [0.1, 0.15) is 24.0 Å². The number of carbonyl (C=O) groups excluding carboxylic acids is 1. The smallest absolute Gasteiger partial charge is 0.218 e. The van der Waals surface area contributed by atoms with E-state index in [1.165, 1.54) is 4.31 Å². The average Bonchev–Trinajstić information content (AvgIpc) is 2.39. The van der Waals surface area contributed by atoms with Crippen LogP contribution in [-0.4, -0.2) is 31.6 Å². The fraction of sp³-hybridized carbons (Fsp3) is 0.385. The van der Waals surface area contributed by atoms with Crippen molar-refractivity contribution in [2.24, 2.45) is 0 Å². The summed E-state index contributed by atoms with van der Waals surface area (Å²) in [6, 6.07) is 8.59. The van der Waals surface area contributed by atoms with Gasteiger partial charge in [0.05, 0.1) is 23.9 Å². The summed E-state index contributed by atoms with van der Waals surface area (Å²) in [5.74, 6) is -0.285. The number of sulfonamides is 1. The Morgan fingerprint density at radius 3 is 2.74 bits per heavy atom. The van der Waals surface area contributed by atoms with Gasteiger partial charge in [0.25, 0.3) is 0 Å². The van der Waals surface area contributed by atoms with Crippen LogP contribution >= 0.6 is 0 Å². The van der Waals surface area contributed by atoms with E-state index in [-0.39, 0.29) is 18.1 Å². The molecule has 1 aliphatic heterocycles. The Hall–Kier alpha value is -1.71. The molecule has 1 aromatic carbocycles. The number of benzene rings is 1. The summed E-state index contributed by atoms with van der Waals surface area (Å²) in [5.41, 5.74) is 0.831. The molecule has 0 unspecified atom stereocenters. The number of nitrogens with zero attached hydrogens (tertiary/aromatic N) is 2. The number of hydrogen-bond donors (Lipinski definition) is 0. The van der Waals surface area contributed by atoms with Gasteiger partial charge in [-0.05, 0) is 18.1 Å². The van der Waals surface area contributed by atoms with Crippen LogP contribution in [0.3, 0.4) is 0 Å². The zero-order valence-electron chi connectivity index (χ0n) is 10.4. The Labute approximate surface area is 112 Å². The van der Waals surface area contributed by atoms with Gasteiger partial charge in [-0.15, -0.1) is 0 Å². The minimum atomic E-state index is -3.54. The third-order valence-electron chi connectivity index (χ3n) is 3.08. The maximum atomic E-state index is 12.2. The molecule has 0 atom stereocenters. The second kappa shape index (κ2) is 5.51. The summed E-state index contributed by atoms with van der Waals surface area (Å²) in [6.45, 7) is 0.333. The van der Waals surface area contributed by atoms with Gasteiger partial charge in [0, 0.05) is 13.0 Å². The molecule has 1 saturated heterocycles. The van der Waals surface area contributed by atoms with Crippen LogP contribution in [0.2, 0.25) is 0 Å². The van der Waals surface area contributed by atoms with E-state index in [9.17, 15) is 13.2 Å². The molecule has 0 N–H and O–H groups in total. The molecular formula is C13H14N2O3S. The molecule has 0 amide bonds. The monoisotopic (exact) mass is 278 g/mol. The minimum absolute atomic E-state index is 0.0446. The van der Waals surface area contributed by atoms with Crippen molar-refractivity contribution in [1.82, 2.24) is 4.31 Å². The van der Waals surface area contributed by atoms with Crippen LogP contribution in [0, 0.1) is 11.3 Å². The van der Waals surface area contributed by atoms with Crippen LogP contribution in [0.5, 0.6) is 0 Å². The number of Topliss-reactive ketones (excluding diaryl/α,β-unsaturated/α-hetero) is 1. The van der Waals surface area contributed by atoms with Crippen LogP contribution in [0.25, 0.3) is 0 Å². The molecule has 5 nitrogen and oxygen atoms in total. The van der Waals surface area contributed by atoms with Crippen molar-refractivity contribution < 1.29 is 13.2 Å². The summed E-state index contributed by atoms with van der Waals surface area (Å²) in [4.78, 5) is 11.3. The first-order valence-corrected chi connectivity index (χ1v) is 7.61. The van der Waals surface area contributed by atoms with Gasteiger partial charge in [-0.2, -0.15) is 9.57 Å². The van der Waals surface area contributed by atoms with Gasteiger partial charge in [0.15, 0.2) is 0 Å². The van der Waals surface area contributed by atoms with Crippen LogP contribution in [-0.2, 0) is 20.6 Å². The highest BCUT2D eigenvalue weighted by atomic mass is 32.2. The maximum Gasteiger partial charge on any atom is 0.218 e. The van der Waals surface area contributed by atoms with Gasteiger partial charge in [-0.25, -0.2) is 8.42 Å². The van der Waals surface area contributed by atoms with Gasteiger partial charge in [0.2, 0.25) is 10.0 Å².